The van der Waals surface area contributed by atoms with Gasteiger partial charge in [-0.2, -0.15) is 10.2 Å². The minimum absolute atomic E-state index is 0.315. The average Bonchev–Trinajstić information content (AvgIpc) is 3.42. The van der Waals surface area contributed by atoms with E-state index >= 15 is 0 Å². The topological polar surface area (TPSA) is 97.2 Å². The molecule has 5 unspecified atom stereocenters. The van der Waals surface area contributed by atoms with Gasteiger partial charge in [0.2, 0.25) is 0 Å². The van der Waals surface area contributed by atoms with Crippen LogP contribution in [0.4, 0.5) is 11.4 Å². The van der Waals surface area contributed by atoms with E-state index in [9.17, 15) is 4.79 Å². The van der Waals surface area contributed by atoms with Gasteiger partial charge < -0.3 is 28.4 Å². The van der Waals surface area contributed by atoms with Crippen LogP contribution in [-0.2, 0) is 28.4 Å². The van der Waals surface area contributed by atoms with E-state index in [0.29, 0.717) is 17.9 Å². The predicted octanol–water partition coefficient (Wildman–Crippen LogP) is 4.66. The molecule has 0 aliphatic carbocycles. The van der Waals surface area contributed by atoms with Crippen LogP contribution in [0.15, 0.2) is 64.8 Å². The molecule has 0 bridgehead atoms. The summed E-state index contributed by atoms with van der Waals surface area (Å²) in [4.78, 5) is 13.0. The van der Waals surface area contributed by atoms with Crippen molar-refractivity contribution < 1.29 is 33.2 Å². The molecular formula is C25H28N2O7. The lowest BCUT2D eigenvalue weighted by atomic mass is 10.1. The lowest BCUT2D eigenvalue weighted by molar-refractivity contribution is -0.232. The molecule has 0 amide bonds. The molecule has 9 nitrogen and oxygen atoms in total. The smallest absolute Gasteiger partial charge is 0.338 e. The number of fused-ring (bicyclic) bond motifs is 1. The first-order valence-electron chi connectivity index (χ1n) is 11.3. The Morgan fingerprint density at radius 1 is 0.853 bits per heavy atom. The van der Waals surface area contributed by atoms with Crippen molar-refractivity contribution in [3.8, 4) is 0 Å². The van der Waals surface area contributed by atoms with Crippen molar-refractivity contribution in [3.63, 3.8) is 0 Å². The summed E-state index contributed by atoms with van der Waals surface area (Å²) in [5.41, 5.74) is 1.74. The molecule has 0 spiro atoms. The van der Waals surface area contributed by atoms with Crippen LogP contribution in [0.3, 0.4) is 0 Å². The Hall–Kier alpha value is -2.69. The second-order valence-corrected chi connectivity index (χ2v) is 9.39. The first-order valence-corrected chi connectivity index (χ1v) is 11.3. The highest BCUT2D eigenvalue weighted by molar-refractivity contribution is 5.90. The van der Waals surface area contributed by atoms with Crippen molar-refractivity contribution in [2.45, 2.75) is 70.0 Å². The van der Waals surface area contributed by atoms with Crippen LogP contribution in [0, 0.1) is 0 Å². The van der Waals surface area contributed by atoms with E-state index < -0.39 is 48.2 Å². The molecule has 0 saturated carbocycles. The lowest BCUT2D eigenvalue weighted by Crippen LogP contribution is -2.45. The summed E-state index contributed by atoms with van der Waals surface area (Å²) in [6, 6.07) is 16.1. The van der Waals surface area contributed by atoms with Crippen LogP contribution in [0.2, 0.25) is 0 Å². The standard InChI is InChI=1S/C25H28N2O7/c1-24(2)29-14-18(32-24)19-20(21-23(31-19)34-25(3,4)33-21)30-22(28)15-10-12-17(13-11-15)27-26-16-8-6-5-7-9-16/h5-13,18-21,23H,14H2,1-4H3. The molecule has 0 aromatic heterocycles. The maximum absolute atomic E-state index is 13.0. The third kappa shape index (κ3) is 4.89. The number of carbonyl (C=O) groups is 1. The minimum atomic E-state index is -0.845. The summed E-state index contributed by atoms with van der Waals surface area (Å²) in [6.45, 7) is 7.57. The number of esters is 1. The zero-order chi connectivity index (χ0) is 23.9. The Labute approximate surface area is 198 Å². The van der Waals surface area contributed by atoms with Gasteiger partial charge in [0.15, 0.2) is 30.1 Å². The van der Waals surface area contributed by atoms with Crippen molar-refractivity contribution in [3.05, 3.63) is 60.2 Å². The number of hydrogen-bond acceptors (Lipinski definition) is 9. The second-order valence-electron chi connectivity index (χ2n) is 9.39. The number of rotatable bonds is 5. The third-order valence-corrected chi connectivity index (χ3v) is 5.81. The number of azo groups is 1. The molecule has 3 aliphatic heterocycles. The van der Waals surface area contributed by atoms with Crippen molar-refractivity contribution in [2.24, 2.45) is 10.2 Å². The van der Waals surface area contributed by atoms with E-state index in [-0.39, 0.29) is 0 Å². The number of hydrogen-bond donors (Lipinski definition) is 0. The van der Waals surface area contributed by atoms with Crippen molar-refractivity contribution in [2.75, 3.05) is 6.61 Å². The van der Waals surface area contributed by atoms with Crippen LogP contribution in [-0.4, -0.2) is 54.9 Å². The van der Waals surface area contributed by atoms with Gasteiger partial charge in [-0.1, -0.05) is 18.2 Å². The molecule has 3 fully saturated rings. The molecule has 0 radical (unpaired) electrons. The first-order chi connectivity index (χ1) is 16.2. The van der Waals surface area contributed by atoms with Gasteiger partial charge in [-0.3, -0.25) is 0 Å². The number of carbonyl (C=O) groups excluding carboxylic acids is 1. The van der Waals surface area contributed by atoms with E-state index in [2.05, 4.69) is 10.2 Å². The zero-order valence-electron chi connectivity index (χ0n) is 19.5. The van der Waals surface area contributed by atoms with Crippen LogP contribution >= 0.6 is 0 Å². The van der Waals surface area contributed by atoms with Crippen molar-refractivity contribution in [1.29, 1.82) is 0 Å². The molecule has 2 aromatic rings. The molecule has 180 valence electrons. The Balaban J connectivity index is 1.29. The number of benzene rings is 2. The summed E-state index contributed by atoms with van der Waals surface area (Å²) >= 11 is 0. The fourth-order valence-corrected chi connectivity index (χ4v) is 4.28. The first kappa shape index (κ1) is 23.1. The Morgan fingerprint density at radius 2 is 1.53 bits per heavy atom. The van der Waals surface area contributed by atoms with Gasteiger partial charge in [0.05, 0.1) is 23.5 Å². The van der Waals surface area contributed by atoms with E-state index in [4.69, 9.17) is 28.4 Å². The Morgan fingerprint density at radius 3 is 2.18 bits per heavy atom. The number of nitrogens with zero attached hydrogens (tertiary/aromatic N) is 2. The monoisotopic (exact) mass is 468 g/mol. The Kier molecular flexibility index (Phi) is 5.99. The average molecular weight is 469 g/mol. The van der Waals surface area contributed by atoms with Gasteiger partial charge in [0.1, 0.15) is 12.2 Å². The fourth-order valence-electron chi connectivity index (χ4n) is 4.28. The summed E-state index contributed by atoms with van der Waals surface area (Å²) in [5.74, 6) is -2.09. The van der Waals surface area contributed by atoms with Crippen molar-refractivity contribution >= 4 is 17.3 Å². The molecule has 5 rings (SSSR count). The molecule has 5 atom stereocenters. The zero-order valence-corrected chi connectivity index (χ0v) is 19.5. The van der Waals surface area contributed by atoms with Crippen LogP contribution in [0.5, 0.6) is 0 Å². The largest absolute Gasteiger partial charge is 0.453 e. The molecule has 3 heterocycles. The van der Waals surface area contributed by atoms with Gasteiger partial charge >= 0.3 is 5.97 Å². The second kappa shape index (κ2) is 8.83. The van der Waals surface area contributed by atoms with E-state index in [1.807, 2.05) is 44.2 Å². The minimum Gasteiger partial charge on any atom is -0.453 e. The molecular weight excluding hydrogens is 440 g/mol. The fraction of sp³-hybridized carbons (Fsp3) is 0.480. The van der Waals surface area contributed by atoms with Gasteiger partial charge in [-0.15, -0.1) is 0 Å². The maximum atomic E-state index is 13.0. The summed E-state index contributed by atoms with van der Waals surface area (Å²) in [6.07, 6.45) is -2.97. The molecule has 34 heavy (non-hydrogen) atoms. The van der Waals surface area contributed by atoms with E-state index in [0.717, 1.165) is 5.69 Å². The molecule has 9 heteroatoms. The summed E-state index contributed by atoms with van der Waals surface area (Å²) in [5, 5.41) is 8.39. The van der Waals surface area contributed by atoms with Gasteiger partial charge in [-0.05, 0) is 64.1 Å². The summed E-state index contributed by atoms with van der Waals surface area (Å²) < 4.78 is 35.5. The lowest BCUT2D eigenvalue weighted by Gasteiger charge is -2.28. The van der Waals surface area contributed by atoms with Gasteiger partial charge in [0.25, 0.3) is 0 Å². The van der Waals surface area contributed by atoms with Gasteiger partial charge in [0, 0.05) is 0 Å². The normalized spacial score (nSPS) is 31.6. The van der Waals surface area contributed by atoms with Crippen molar-refractivity contribution in [1.82, 2.24) is 0 Å². The van der Waals surface area contributed by atoms with E-state index in [1.165, 1.54) is 0 Å². The van der Waals surface area contributed by atoms with Gasteiger partial charge in [-0.25, -0.2) is 4.79 Å². The molecule has 2 aromatic carbocycles. The number of ether oxygens (including phenoxy) is 6. The quantitative estimate of drug-likeness (QED) is 0.465. The SMILES string of the molecule is CC1(C)OCC(C2OC3OC(C)(C)OC3C2OC(=O)c2ccc(N=Nc3ccccc3)cc2)O1. The maximum Gasteiger partial charge on any atom is 0.338 e. The Bertz CT molecular complexity index is 1050. The molecule has 3 aliphatic rings. The highest BCUT2D eigenvalue weighted by Crippen LogP contribution is 2.42. The predicted molar refractivity (Wildman–Crippen MR) is 120 cm³/mol. The van der Waals surface area contributed by atoms with E-state index in [1.54, 1.807) is 38.1 Å². The molecule has 3 saturated heterocycles. The molecule has 0 N–H and O–H groups in total. The third-order valence-electron chi connectivity index (χ3n) is 5.81. The van der Waals surface area contributed by atoms with Crippen LogP contribution in [0.25, 0.3) is 0 Å². The van der Waals surface area contributed by atoms with Crippen LogP contribution < -0.4 is 0 Å². The highest BCUT2D eigenvalue weighted by Gasteiger charge is 2.60. The highest BCUT2D eigenvalue weighted by atomic mass is 16.8. The van der Waals surface area contributed by atoms with Crippen LogP contribution in [0.1, 0.15) is 38.1 Å². The summed E-state index contributed by atoms with van der Waals surface area (Å²) in [7, 11) is 0.